The van der Waals surface area contributed by atoms with Crippen LogP contribution >= 0.6 is 0 Å². The molecule has 0 aromatic heterocycles. The zero-order chi connectivity index (χ0) is 21.3. The lowest BCUT2D eigenvalue weighted by Crippen LogP contribution is -2.42. The van der Waals surface area contributed by atoms with Gasteiger partial charge in [0.2, 0.25) is 0 Å². The van der Waals surface area contributed by atoms with Crippen LogP contribution in [0.15, 0.2) is 30.0 Å². The maximum atomic E-state index is 12.9. The van der Waals surface area contributed by atoms with Gasteiger partial charge in [-0.05, 0) is 18.2 Å². The minimum atomic E-state index is -4.77. The number of ether oxygens (including phenoxy) is 2. The van der Waals surface area contributed by atoms with Gasteiger partial charge in [0.1, 0.15) is 6.54 Å². The molecule has 2 rings (SSSR count). The molecule has 0 spiro atoms. The number of hydrogen-bond donors (Lipinski definition) is 2. The van der Waals surface area contributed by atoms with Gasteiger partial charge in [-0.1, -0.05) is 0 Å². The van der Waals surface area contributed by atoms with Gasteiger partial charge in [-0.3, -0.25) is 0 Å². The number of halogens is 6. The molecule has 1 aliphatic heterocycles. The fourth-order valence-corrected chi connectivity index (χ4v) is 2.12. The second kappa shape index (κ2) is 7.24. The summed E-state index contributed by atoms with van der Waals surface area (Å²) in [4.78, 5) is 23.7. The summed E-state index contributed by atoms with van der Waals surface area (Å²) in [5.41, 5.74) is -2.60. The smallest absolute Gasteiger partial charge is 0.416 e. The molecule has 0 aliphatic carbocycles. The molecule has 1 heterocycles. The first-order valence-corrected chi connectivity index (χ1v) is 7.63. The van der Waals surface area contributed by atoms with Gasteiger partial charge >= 0.3 is 24.3 Å². The third-order valence-electron chi connectivity index (χ3n) is 3.31. The molecule has 1 aromatic carbocycles. The maximum absolute atomic E-state index is 12.9. The Kier molecular flexibility index (Phi) is 5.53. The number of hydrogen-bond acceptors (Lipinski definition) is 6. The average Bonchev–Trinajstić information content (AvgIpc) is 2.49. The quantitative estimate of drug-likeness (QED) is 0.339. The molecular weight excluding hydrogens is 398 g/mol. The van der Waals surface area contributed by atoms with Gasteiger partial charge in [0.25, 0.3) is 5.79 Å². The highest BCUT2D eigenvalue weighted by Crippen LogP contribution is 2.35. The highest BCUT2D eigenvalue weighted by molar-refractivity contribution is 6.15. The number of benzene rings is 1. The van der Waals surface area contributed by atoms with Crippen LogP contribution in [-0.4, -0.2) is 30.4 Å². The highest BCUT2D eigenvalue weighted by atomic mass is 19.4. The SMILES string of the molecule is CC1(C)OC(=O)C(=CNc2cc(C(F)(F)F)ccc2NCC(F)(F)F)C(=O)O1. The van der Waals surface area contributed by atoms with Crippen LogP contribution in [0.5, 0.6) is 0 Å². The predicted octanol–water partition coefficient (Wildman–Crippen LogP) is 3.81. The van der Waals surface area contributed by atoms with Gasteiger partial charge in [0.15, 0.2) is 5.57 Å². The minimum Gasteiger partial charge on any atom is -0.419 e. The molecule has 6 nitrogen and oxygen atoms in total. The molecule has 0 saturated carbocycles. The third-order valence-corrected chi connectivity index (χ3v) is 3.31. The fourth-order valence-electron chi connectivity index (χ4n) is 2.12. The Labute approximate surface area is 154 Å². The van der Waals surface area contributed by atoms with Crippen LogP contribution in [0, 0.1) is 0 Å². The Morgan fingerprint density at radius 1 is 1.00 bits per heavy atom. The first kappa shape index (κ1) is 21.4. The molecule has 0 radical (unpaired) electrons. The van der Waals surface area contributed by atoms with Crippen molar-refractivity contribution in [3.8, 4) is 0 Å². The molecule has 0 atom stereocenters. The number of cyclic esters (lactones) is 2. The van der Waals surface area contributed by atoms with E-state index in [1.54, 1.807) is 0 Å². The van der Waals surface area contributed by atoms with Crippen molar-refractivity contribution in [2.24, 2.45) is 0 Å². The van der Waals surface area contributed by atoms with Gasteiger partial charge in [0, 0.05) is 20.0 Å². The fraction of sp³-hybridized carbons (Fsp3) is 0.375. The second-order valence-electron chi connectivity index (χ2n) is 6.11. The Balaban J connectivity index is 2.33. The van der Waals surface area contributed by atoms with Crippen molar-refractivity contribution < 1.29 is 45.4 Å². The van der Waals surface area contributed by atoms with E-state index >= 15 is 0 Å². The number of anilines is 2. The topological polar surface area (TPSA) is 76.7 Å². The molecule has 1 aromatic rings. The van der Waals surface area contributed by atoms with Crippen LogP contribution in [0.1, 0.15) is 19.4 Å². The van der Waals surface area contributed by atoms with Crippen molar-refractivity contribution in [1.82, 2.24) is 0 Å². The first-order chi connectivity index (χ1) is 12.7. The van der Waals surface area contributed by atoms with Crippen LogP contribution in [0.3, 0.4) is 0 Å². The van der Waals surface area contributed by atoms with E-state index in [0.29, 0.717) is 18.3 Å². The van der Waals surface area contributed by atoms with Gasteiger partial charge in [0.05, 0.1) is 16.9 Å². The molecule has 2 N–H and O–H groups in total. The molecular formula is C16H14F6N2O4. The van der Waals surface area contributed by atoms with E-state index in [2.05, 4.69) is 5.32 Å². The van der Waals surface area contributed by atoms with E-state index in [-0.39, 0.29) is 5.69 Å². The van der Waals surface area contributed by atoms with Crippen molar-refractivity contribution in [3.63, 3.8) is 0 Å². The standard InChI is InChI=1S/C16H14F6N2O4/c1-14(2)27-12(25)9(13(26)28-14)6-23-11-5-8(16(20,21)22)3-4-10(11)24-7-15(17,18)19/h3-6,23-24H,7H2,1-2H3. The highest BCUT2D eigenvalue weighted by Gasteiger charge is 2.39. The summed E-state index contributed by atoms with van der Waals surface area (Å²) in [7, 11) is 0. The lowest BCUT2D eigenvalue weighted by molar-refractivity contribution is -0.222. The summed E-state index contributed by atoms with van der Waals surface area (Å²) in [5, 5.41) is 4.17. The van der Waals surface area contributed by atoms with E-state index in [0.717, 1.165) is 6.07 Å². The van der Waals surface area contributed by atoms with Crippen LogP contribution in [0.25, 0.3) is 0 Å². The molecule has 1 fully saturated rings. The number of nitrogens with one attached hydrogen (secondary N) is 2. The number of carbonyl (C=O) groups is 2. The largest absolute Gasteiger partial charge is 0.419 e. The monoisotopic (exact) mass is 412 g/mol. The Morgan fingerprint density at radius 2 is 1.57 bits per heavy atom. The summed E-state index contributed by atoms with van der Waals surface area (Å²) < 4.78 is 85.5. The summed E-state index contributed by atoms with van der Waals surface area (Å²) in [6.45, 7) is 1.07. The Hall–Kier alpha value is -2.92. The van der Waals surface area contributed by atoms with E-state index in [1.807, 2.05) is 5.32 Å². The predicted molar refractivity (Wildman–Crippen MR) is 84.0 cm³/mol. The molecule has 0 unspecified atom stereocenters. The lowest BCUT2D eigenvalue weighted by Gasteiger charge is -2.29. The van der Waals surface area contributed by atoms with Crippen LogP contribution < -0.4 is 10.6 Å². The normalized spacial score (nSPS) is 16.9. The van der Waals surface area contributed by atoms with Crippen molar-refractivity contribution >= 4 is 23.3 Å². The van der Waals surface area contributed by atoms with E-state index in [1.165, 1.54) is 13.8 Å². The Bertz CT molecular complexity index is 792. The summed E-state index contributed by atoms with van der Waals surface area (Å²) >= 11 is 0. The van der Waals surface area contributed by atoms with E-state index in [9.17, 15) is 35.9 Å². The number of carbonyl (C=O) groups excluding carboxylic acids is 2. The molecule has 28 heavy (non-hydrogen) atoms. The van der Waals surface area contributed by atoms with E-state index < -0.39 is 53.4 Å². The summed E-state index contributed by atoms with van der Waals surface area (Å²) in [6.07, 6.45) is -8.69. The van der Waals surface area contributed by atoms with E-state index in [4.69, 9.17) is 9.47 Å². The third kappa shape index (κ3) is 5.54. The Morgan fingerprint density at radius 3 is 2.07 bits per heavy atom. The summed E-state index contributed by atoms with van der Waals surface area (Å²) in [5.74, 6) is -3.74. The zero-order valence-electron chi connectivity index (χ0n) is 14.4. The van der Waals surface area contributed by atoms with Gasteiger partial charge in [-0.15, -0.1) is 0 Å². The zero-order valence-corrected chi connectivity index (χ0v) is 14.4. The van der Waals surface area contributed by atoms with Crippen molar-refractivity contribution in [2.45, 2.75) is 32.0 Å². The first-order valence-electron chi connectivity index (χ1n) is 7.63. The molecule has 0 amide bonds. The van der Waals surface area contributed by atoms with Crippen molar-refractivity contribution in [3.05, 3.63) is 35.5 Å². The molecule has 1 aliphatic rings. The van der Waals surface area contributed by atoms with Crippen LogP contribution in [0.2, 0.25) is 0 Å². The number of rotatable bonds is 4. The molecule has 1 saturated heterocycles. The minimum absolute atomic E-state index is 0.333. The van der Waals surface area contributed by atoms with Gasteiger partial charge < -0.3 is 20.1 Å². The maximum Gasteiger partial charge on any atom is 0.416 e. The number of alkyl halides is 6. The van der Waals surface area contributed by atoms with Crippen molar-refractivity contribution in [2.75, 3.05) is 17.2 Å². The van der Waals surface area contributed by atoms with Crippen LogP contribution in [0.4, 0.5) is 37.7 Å². The second-order valence-corrected chi connectivity index (χ2v) is 6.11. The molecule has 154 valence electrons. The lowest BCUT2D eigenvalue weighted by atomic mass is 10.1. The van der Waals surface area contributed by atoms with Crippen molar-refractivity contribution in [1.29, 1.82) is 0 Å². The summed E-state index contributed by atoms with van der Waals surface area (Å²) in [6, 6.07) is 1.90. The van der Waals surface area contributed by atoms with Gasteiger partial charge in [-0.25, -0.2) is 9.59 Å². The van der Waals surface area contributed by atoms with Crippen LogP contribution in [-0.2, 0) is 25.2 Å². The number of esters is 2. The molecule has 0 bridgehead atoms. The molecule has 12 heteroatoms. The van der Waals surface area contributed by atoms with Gasteiger partial charge in [-0.2, -0.15) is 26.3 Å². The average molecular weight is 412 g/mol.